The van der Waals surface area contributed by atoms with E-state index in [0.29, 0.717) is 12.2 Å². The molecule has 2 aromatic rings. The lowest BCUT2D eigenvalue weighted by Crippen LogP contribution is -2.44. The van der Waals surface area contributed by atoms with Crippen LogP contribution in [0, 0.1) is 0 Å². The van der Waals surface area contributed by atoms with Gasteiger partial charge in [-0.25, -0.2) is 13.2 Å². The highest BCUT2D eigenvalue weighted by atomic mass is 32.2. The van der Waals surface area contributed by atoms with Gasteiger partial charge in [0.25, 0.3) is 0 Å². The van der Waals surface area contributed by atoms with Gasteiger partial charge in [-0.2, -0.15) is 0 Å². The van der Waals surface area contributed by atoms with Gasteiger partial charge in [-0.15, -0.1) is 0 Å². The summed E-state index contributed by atoms with van der Waals surface area (Å²) in [5.74, 6) is 0.737. The fourth-order valence-corrected chi connectivity index (χ4v) is 4.36. The maximum Gasteiger partial charge on any atom is 0.315 e. The number of urea groups is 1. The smallest absolute Gasteiger partial charge is 0.315 e. The van der Waals surface area contributed by atoms with Gasteiger partial charge in [0.1, 0.15) is 11.8 Å². The molecule has 6 nitrogen and oxygen atoms in total. The number of hydrogen-bond donors (Lipinski definition) is 2. The van der Waals surface area contributed by atoms with Crippen molar-refractivity contribution < 1.29 is 17.6 Å². The Bertz CT molecular complexity index is 757. The summed E-state index contributed by atoms with van der Waals surface area (Å²) in [7, 11) is -3.03. The van der Waals surface area contributed by atoms with Crippen molar-refractivity contribution in [1.29, 1.82) is 0 Å². The van der Waals surface area contributed by atoms with Crippen LogP contribution in [0.1, 0.15) is 23.8 Å². The van der Waals surface area contributed by atoms with Crippen LogP contribution in [0.3, 0.4) is 0 Å². The molecule has 1 aromatic heterocycles. The van der Waals surface area contributed by atoms with E-state index in [0.717, 1.165) is 5.56 Å². The molecule has 0 saturated carbocycles. The van der Waals surface area contributed by atoms with Crippen LogP contribution < -0.4 is 10.6 Å². The Morgan fingerprint density at radius 3 is 2.57 bits per heavy atom. The average Bonchev–Trinajstić information content (AvgIpc) is 3.15. The molecule has 0 radical (unpaired) electrons. The third-order valence-corrected chi connectivity index (χ3v) is 5.57. The molecular weight excluding hydrogens is 316 g/mol. The molecule has 2 heterocycles. The normalized spacial score (nSPS) is 20.8. The van der Waals surface area contributed by atoms with E-state index in [1.807, 2.05) is 30.3 Å². The number of hydrogen-bond acceptors (Lipinski definition) is 4. The van der Waals surface area contributed by atoms with Crippen molar-refractivity contribution in [2.24, 2.45) is 0 Å². The van der Waals surface area contributed by atoms with Crippen molar-refractivity contribution in [3.8, 4) is 0 Å². The summed E-state index contributed by atoms with van der Waals surface area (Å²) in [6.07, 6.45) is 2.00. The Kier molecular flexibility index (Phi) is 4.38. The predicted molar refractivity (Wildman–Crippen MR) is 85.7 cm³/mol. The van der Waals surface area contributed by atoms with Crippen molar-refractivity contribution in [3.63, 3.8) is 0 Å². The Morgan fingerprint density at radius 2 is 1.96 bits per heavy atom. The Morgan fingerprint density at radius 1 is 1.17 bits per heavy atom. The summed E-state index contributed by atoms with van der Waals surface area (Å²) in [5, 5.41) is 5.58. The minimum atomic E-state index is -3.03. The number of amides is 2. The topological polar surface area (TPSA) is 88.4 Å². The van der Waals surface area contributed by atoms with Gasteiger partial charge in [0.2, 0.25) is 0 Å². The van der Waals surface area contributed by atoms with Crippen molar-refractivity contribution in [3.05, 3.63) is 60.1 Å². The number of rotatable bonds is 4. The number of furan rings is 1. The van der Waals surface area contributed by atoms with E-state index in [4.69, 9.17) is 4.42 Å². The number of nitrogens with one attached hydrogen (secondary N) is 2. The van der Waals surface area contributed by atoms with Gasteiger partial charge in [-0.1, -0.05) is 30.3 Å². The van der Waals surface area contributed by atoms with E-state index >= 15 is 0 Å². The van der Waals surface area contributed by atoms with Crippen LogP contribution in [0.15, 0.2) is 53.1 Å². The quantitative estimate of drug-likeness (QED) is 0.893. The summed E-state index contributed by atoms with van der Waals surface area (Å²) in [6, 6.07) is 11.8. The van der Waals surface area contributed by atoms with E-state index in [1.165, 1.54) is 0 Å². The fourth-order valence-electron chi connectivity index (χ4n) is 2.69. The standard InChI is InChI=1S/C16H18N2O4S/c19-16(17-13-8-10-23(20,21)11-13)18-15(14-7-4-9-22-14)12-5-2-1-3-6-12/h1-7,9,13,15H,8,10-11H2,(H2,17,18,19). The Labute approximate surface area is 134 Å². The van der Waals surface area contributed by atoms with Crippen molar-refractivity contribution in [2.45, 2.75) is 18.5 Å². The number of benzene rings is 1. The molecule has 2 N–H and O–H groups in total. The second-order valence-corrected chi connectivity index (χ2v) is 7.81. The number of sulfone groups is 1. The van der Waals surface area contributed by atoms with E-state index in [2.05, 4.69) is 10.6 Å². The average molecular weight is 334 g/mol. The lowest BCUT2D eigenvalue weighted by atomic mass is 10.0. The molecule has 1 aliphatic rings. The molecule has 3 rings (SSSR count). The van der Waals surface area contributed by atoms with Crippen molar-refractivity contribution in [2.75, 3.05) is 11.5 Å². The van der Waals surface area contributed by atoms with Crippen LogP contribution in [-0.4, -0.2) is 32.0 Å². The molecular formula is C16H18N2O4S. The van der Waals surface area contributed by atoms with E-state index in [-0.39, 0.29) is 17.5 Å². The second-order valence-electron chi connectivity index (χ2n) is 5.58. The first-order chi connectivity index (χ1) is 11.0. The molecule has 1 fully saturated rings. The molecule has 0 bridgehead atoms. The zero-order valence-corrected chi connectivity index (χ0v) is 13.3. The van der Waals surface area contributed by atoms with Gasteiger partial charge in [-0.05, 0) is 24.1 Å². The third-order valence-electron chi connectivity index (χ3n) is 3.80. The maximum atomic E-state index is 12.2. The first-order valence-corrected chi connectivity index (χ1v) is 9.21. The molecule has 2 unspecified atom stereocenters. The van der Waals surface area contributed by atoms with Crippen LogP contribution in [0.5, 0.6) is 0 Å². The molecule has 0 aliphatic carbocycles. The minimum absolute atomic E-state index is 0.00280. The Balaban J connectivity index is 1.71. The molecule has 1 aliphatic heterocycles. The molecule has 0 spiro atoms. The van der Waals surface area contributed by atoms with Crippen LogP contribution in [-0.2, 0) is 9.84 Å². The summed E-state index contributed by atoms with van der Waals surface area (Å²) < 4.78 is 28.3. The SMILES string of the molecule is O=C(NC1CCS(=O)(=O)C1)NC(c1ccccc1)c1ccco1. The highest BCUT2D eigenvalue weighted by Gasteiger charge is 2.29. The monoisotopic (exact) mass is 334 g/mol. The molecule has 7 heteroatoms. The van der Waals surface area contributed by atoms with Gasteiger partial charge in [0, 0.05) is 6.04 Å². The van der Waals surface area contributed by atoms with Crippen LogP contribution >= 0.6 is 0 Å². The number of carbonyl (C=O) groups excluding carboxylic acids is 1. The highest BCUT2D eigenvalue weighted by Crippen LogP contribution is 2.22. The first-order valence-electron chi connectivity index (χ1n) is 7.39. The predicted octanol–water partition coefficient (Wildman–Crippen LogP) is 1.86. The second kappa shape index (κ2) is 6.45. The summed E-state index contributed by atoms with van der Waals surface area (Å²) in [4.78, 5) is 12.2. The van der Waals surface area contributed by atoms with E-state index in [1.54, 1.807) is 18.4 Å². The zero-order valence-electron chi connectivity index (χ0n) is 12.4. The van der Waals surface area contributed by atoms with Crippen LogP contribution in [0.2, 0.25) is 0 Å². The van der Waals surface area contributed by atoms with Gasteiger partial charge < -0.3 is 15.1 Å². The fraction of sp³-hybridized carbons (Fsp3) is 0.312. The lowest BCUT2D eigenvalue weighted by molar-refractivity contribution is 0.234. The molecule has 23 heavy (non-hydrogen) atoms. The molecule has 2 amide bonds. The number of carbonyl (C=O) groups is 1. The Hall–Kier alpha value is -2.28. The van der Waals surface area contributed by atoms with Gasteiger partial charge >= 0.3 is 6.03 Å². The van der Waals surface area contributed by atoms with Gasteiger partial charge in [0.05, 0.1) is 17.8 Å². The van der Waals surface area contributed by atoms with Gasteiger partial charge in [-0.3, -0.25) is 0 Å². The largest absolute Gasteiger partial charge is 0.467 e. The van der Waals surface area contributed by atoms with Crippen molar-refractivity contribution in [1.82, 2.24) is 10.6 Å². The van der Waals surface area contributed by atoms with Crippen molar-refractivity contribution >= 4 is 15.9 Å². The molecule has 1 saturated heterocycles. The summed E-state index contributed by atoms with van der Waals surface area (Å²) in [5.41, 5.74) is 0.886. The summed E-state index contributed by atoms with van der Waals surface area (Å²) >= 11 is 0. The van der Waals surface area contributed by atoms with E-state index < -0.39 is 21.9 Å². The van der Waals surface area contributed by atoms with Gasteiger partial charge in [0.15, 0.2) is 9.84 Å². The summed E-state index contributed by atoms with van der Waals surface area (Å²) in [6.45, 7) is 0. The third kappa shape index (κ3) is 3.92. The maximum absolute atomic E-state index is 12.2. The first kappa shape index (κ1) is 15.6. The molecule has 1 aromatic carbocycles. The molecule has 122 valence electrons. The zero-order chi connectivity index (χ0) is 16.3. The van der Waals surface area contributed by atoms with Crippen LogP contribution in [0.4, 0.5) is 4.79 Å². The van der Waals surface area contributed by atoms with E-state index in [9.17, 15) is 13.2 Å². The lowest BCUT2D eigenvalue weighted by Gasteiger charge is -2.19. The van der Waals surface area contributed by atoms with Crippen LogP contribution in [0.25, 0.3) is 0 Å². The highest BCUT2D eigenvalue weighted by molar-refractivity contribution is 7.91. The molecule has 2 atom stereocenters. The minimum Gasteiger partial charge on any atom is -0.467 e.